The average Bonchev–Trinajstić information content (AvgIpc) is 3.56. The highest BCUT2D eigenvalue weighted by molar-refractivity contribution is 6.01. The van der Waals surface area contributed by atoms with Crippen molar-refractivity contribution in [3.8, 4) is 11.1 Å². The van der Waals surface area contributed by atoms with E-state index in [0.29, 0.717) is 55.7 Å². The second-order valence-electron chi connectivity index (χ2n) is 9.90. The minimum absolute atomic E-state index is 0.233. The lowest BCUT2D eigenvalue weighted by atomic mass is 9.79. The van der Waals surface area contributed by atoms with Crippen molar-refractivity contribution in [3.05, 3.63) is 83.5 Å². The topological polar surface area (TPSA) is 102 Å². The van der Waals surface area contributed by atoms with Gasteiger partial charge in [-0.15, -0.1) is 0 Å². The summed E-state index contributed by atoms with van der Waals surface area (Å²) in [6, 6.07) is 3.34. The molecule has 9 nitrogen and oxygen atoms in total. The predicted octanol–water partition coefficient (Wildman–Crippen LogP) is 4.12. The summed E-state index contributed by atoms with van der Waals surface area (Å²) in [5.74, 6) is -1.70. The van der Waals surface area contributed by atoms with E-state index in [1.54, 1.807) is 37.1 Å². The van der Waals surface area contributed by atoms with Gasteiger partial charge in [-0.25, -0.2) is 28.1 Å². The van der Waals surface area contributed by atoms with Crippen molar-refractivity contribution in [1.29, 1.82) is 5.41 Å². The molecule has 0 amide bonds. The predicted molar refractivity (Wildman–Crippen MR) is 143 cm³/mol. The minimum Gasteiger partial charge on any atom is -0.358 e. The van der Waals surface area contributed by atoms with Crippen LogP contribution in [0.3, 0.4) is 0 Å². The van der Waals surface area contributed by atoms with Gasteiger partial charge in [-0.1, -0.05) is 13.8 Å². The fourth-order valence-corrected chi connectivity index (χ4v) is 4.85. The van der Waals surface area contributed by atoms with Crippen LogP contribution >= 0.6 is 0 Å². The Morgan fingerprint density at radius 2 is 1.67 bits per heavy atom. The van der Waals surface area contributed by atoms with Crippen LogP contribution in [0.5, 0.6) is 0 Å². The number of rotatable bonds is 6. The van der Waals surface area contributed by atoms with E-state index in [1.807, 2.05) is 30.4 Å². The zero-order valence-corrected chi connectivity index (χ0v) is 21.8. The van der Waals surface area contributed by atoms with Gasteiger partial charge in [0.05, 0.1) is 11.9 Å². The first-order valence-corrected chi connectivity index (χ1v) is 12.4. The van der Waals surface area contributed by atoms with Gasteiger partial charge in [0, 0.05) is 92.3 Å². The molecule has 202 valence electrons. The van der Waals surface area contributed by atoms with Crippen molar-refractivity contribution in [2.24, 2.45) is 12.0 Å². The number of aryl methyl sites for hydroxylation is 1. The third-order valence-corrected chi connectivity index (χ3v) is 7.00. The van der Waals surface area contributed by atoms with E-state index in [2.05, 4.69) is 29.9 Å². The van der Waals surface area contributed by atoms with Gasteiger partial charge in [-0.05, 0) is 11.6 Å². The molecule has 1 aromatic carbocycles. The zero-order valence-electron chi connectivity index (χ0n) is 21.8. The molecular formula is C27H28F3N9. The smallest absolute Gasteiger partial charge is 0.225 e. The number of aliphatic imine (C=N–C) groups is 1. The van der Waals surface area contributed by atoms with Crippen molar-refractivity contribution in [2.75, 3.05) is 31.1 Å². The first-order valence-electron chi connectivity index (χ1n) is 12.4. The summed E-state index contributed by atoms with van der Waals surface area (Å²) in [5, 5.41) is 11.8. The number of piperazine rings is 1. The second-order valence-corrected chi connectivity index (χ2v) is 9.90. The zero-order chi connectivity index (χ0) is 27.7. The standard InChI is InChI=1S/C27H28F3N9/c1-27(2,24-21(29)9-20(28)10-22(24)30)19-13-33-26(34-14-19)39-6-4-38(5-7-39)25(35-16-31)23-8-17(11-32-23)18-12-36-37(3)15-18/h8-16,31-32H,4-7H2,1-3H3/b31-16?,35-25+. The monoisotopic (exact) mass is 535 g/mol. The summed E-state index contributed by atoms with van der Waals surface area (Å²) < 4.78 is 44.1. The molecule has 39 heavy (non-hydrogen) atoms. The molecule has 5 rings (SSSR count). The van der Waals surface area contributed by atoms with Gasteiger partial charge in [0.1, 0.15) is 23.8 Å². The summed E-state index contributed by atoms with van der Waals surface area (Å²) in [7, 11) is 1.86. The van der Waals surface area contributed by atoms with Crippen molar-refractivity contribution < 1.29 is 13.2 Å². The molecule has 0 aliphatic carbocycles. The summed E-state index contributed by atoms with van der Waals surface area (Å²) in [4.78, 5) is 20.6. The van der Waals surface area contributed by atoms with Crippen LogP contribution in [0.2, 0.25) is 0 Å². The Morgan fingerprint density at radius 3 is 2.26 bits per heavy atom. The fraction of sp³-hybridized carbons (Fsp3) is 0.296. The van der Waals surface area contributed by atoms with E-state index >= 15 is 0 Å². The molecule has 0 bridgehead atoms. The summed E-state index contributed by atoms with van der Waals surface area (Å²) >= 11 is 0. The summed E-state index contributed by atoms with van der Waals surface area (Å²) in [5.41, 5.74) is 1.92. The van der Waals surface area contributed by atoms with Crippen LogP contribution in [-0.4, -0.2) is 68.0 Å². The highest BCUT2D eigenvalue weighted by Gasteiger charge is 2.32. The van der Waals surface area contributed by atoms with Crippen LogP contribution in [0, 0.1) is 22.9 Å². The third kappa shape index (κ3) is 5.14. The molecule has 1 aliphatic heterocycles. The van der Waals surface area contributed by atoms with Crippen LogP contribution in [0.25, 0.3) is 11.1 Å². The van der Waals surface area contributed by atoms with E-state index < -0.39 is 22.9 Å². The number of aromatic nitrogens is 5. The quantitative estimate of drug-likeness (QED) is 0.286. The highest BCUT2D eigenvalue weighted by Crippen LogP contribution is 2.35. The van der Waals surface area contributed by atoms with Crippen LogP contribution < -0.4 is 4.90 Å². The Hall–Kier alpha value is -4.48. The van der Waals surface area contributed by atoms with Gasteiger partial charge < -0.3 is 14.8 Å². The number of benzene rings is 1. The number of H-pyrrole nitrogens is 1. The SMILES string of the molecule is Cn1cc(-c2c[nH]c(/C(=N\C=N)N3CCN(c4ncc(C(C)(C)c5c(F)cc(F)cc5F)cn4)CC3)c2)cn1. The number of hydrogen-bond acceptors (Lipinski definition) is 5. The first-order chi connectivity index (χ1) is 18.7. The molecule has 0 saturated carbocycles. The Bertz CT molecular complexity index is 1490. The van der Waals surface area contributed by atoms with Gasteiger partial charge in [-0.3, -0.25) is 10.1 Å². The van der Waals surface area contributed by atoms with E-state index in [4.69, 9.17) is 5.41 Å². The molecule has 0 spiro atoms. The Morgan fingerprint density at radius 1 is 1.00 bits per heavy atom. The second kappa shape index (κ2) is 10.4. The number of amidine groups is 1. The summed E-state index contributed by atoms with van der Waals surface area (Å²) in [6.07, 6.45) is 9.75. The molecule has 0 unspecified atom stereocenters. The maximum absolute atomic E-state index is 14.5. The number of hydrogen-bond donors (Lipinski definition) is 2. The normalized spacial score (nSPS) is 14.7. The van der Waals surface area contributed by atoms with Crippen LogP contribution in [0.1, 0.15) is 30.7 Å². The number of aromatic amines is 1. The summed E-state index contributed by atoms with van der Waals surface area (Å²) in [6.45, 7) is 5.75. The fourth-order valence-electron chi connectivity index (χ4n) is 4.85. The third-order valence-electron chi connectivity index (χ3n) is 7.00. The molecule has 2 N–H and O–H groups in total. The van der Waals surface area contributed by atoms with Crippen LogP contribution in [0.15, 0.2) is 54.2 Å². The van der Waals surface area contributed by atoms with Crippen molar-refractivity contribution in [2.45, 2.75) is 19.3 Å². The largest absolute Gasteiger partial charge is 0.358 e. The number of nitrogens with one attached hydrogen (secondary N) is 2. The Kier molecular flexibility index (Phi) is 6.94. The van der Waals surface area contributed by atoms with Crippen LogP contribution in [0.4, 0.5) is 19.1 Å². The highest BCUT2D eigenvalue weighted by atomic mass is 19.1. The lowest BCUT2D eigenvalue weighted by Crippen LogP contribution is -2.49. The molecule has 1 aliphatic rings. The van der Waals surface area contributed by atoms with Crippen LogP contribution in [-0.2, 0) is 12.5 Å². The van der Waals surface area contributed by atoms with Gasteiger partial charge in [0.25, 0.3) is 0 Å². The minimum atomic E-state index is -1.11. The van der Waals surface area contributed by atoms with E-state index in [1.165, 1.54) is 0 Å². The van der Waals surface area contributed by atoms with Gasteiger partial charge in [0.2, 0.25) is 5.95 Å². The molecule has 0 radical (unpaired) electrons. The van der Waals surface area contributed by atoms with Gasteiger partial charge in [0.15, 0.2) is 5.84 Å². The molecule has 4 aromatic rings. The van der Waals surface area contributed by atoms with Crippen molar-refractivity contribution >= 4 is 18.1 Å². The van der Waals surface area contributed by atoms with Gasteiger partial charge in [-0.2, -0.15) is 5.10 Å². The number of nitrogens with zero attached hydrogens (tertiary/aromatic N) is 7. The first kappa shape index (κ1) is 26.1. The average molecular weight is 536 g/mol. The Labute approximate surface area is 223 Å². The van der Waals surface area contributed by atoms with E-state index in [0.717, 1.165) is 23.2 Å². The van der Waals surface area contributed by atoms with Crippen molar-refractivity contribution in [3.63, 3.8) is 0 Å². The lowest BCUT2D eigenvalue weighted by Gasteiger charge is -2.36. The maximum Gasteiger partial charge on any atom is 0.225 e. The Balaban J connectivity index is 1.28. The number of anilines is 1. The maximum atomic E-state index is 14.5. The molecule has 1 saturated heterocycles. The molecule has 1 fully saturated rings. The molecule has 12 heteroatoms. The van der Waals surface area contributed by atoms with Gasteiger partial charge >= 0.3 is 0 Å². The van der Waals surface area contributed by atoms with Crippen molar-refractivity contribution in [1.82, 2.24) is 29.6 Å². The molecule has 0 atom stereocenters. The number of halogens is 3. The molecule has 4 heterocycles. The lowest BCUT2D eigenvalue weighted by molar-refractivity contribution is 0.383. The molecule has 3 aromatic heterocycles. The van der Waals surface area contributed by atoms with E-state index in [-0.39, 0.29) is 5.56 Å². The molecular weight excluding hydrogens is 507 g/mol. The van der Waals surface area contributed by atoms with E-state index in [9.17, 15) is 13.2 Å².